The van der Waals surface area contributed by atoms with Crippen LogP contribution in [0, 0.1) is 18.3 Å². The first-order valence-electron chi connectivity index (χ1n) is 9.25. The van der Waals surface area contributed by atoms with Crippen molar-refractivity contribution in [2.24, 2.45) is 0 Å². The fourth-order valence-corrected chi connectivity index (χ4v) is 3.20. The number of carbonyl (C=O) groups is 1. The van der Waals surface area contributed by atoms with E-state index in [0.29, 0.717) is 24.7 Å². The minimum atomic E-state index is -0.510. The van der Waals surface area contributed by atoms with E-state index in [1.807, 2.05) is 45.9 Å². The number of anilines is 1. The number of benzene rings is 1. The van der Waals surface area contributed by atoms with Gasteiger partial charge in [0.15, 0.2) is 0 Å². The van der Waals surface area contributed by atoms with Crippen LogP contribution in [0.1, 0.15) is 44.7 Å². The second-order valence-corrected chi connectivity index (χ2v) is 7.74. The van der Waals surface area contributed by atoms with Crippen LogP contribution in [0.15, 0.2) is 18.2 Å². The molecule has 142 valence electrons. The molecular formula is C20H30N4O2. The van der Waals surface area contributed by atoms with Gasteiger partial charge < -0.3 is 20.3 Å². The van der Waals surface area contributed by atoms with Gasteiger partial charge in [-0.05, 0) is 71.3 Å². The van der Waals surface area contributed by atoms with E-state index in [1.54, 1.807) is 0 Å². The maximum atomic E-state index is 11.9. The van der Waals surface area contributed by atoms with E-state index in [4.69, 9.17) is 4.74 Å². The molecule has 26 heavy (non-hydrogen) atoms. The quantitative estimate of drug-likeness (QED) is 0.846. The summed E-state index contributed by atoms with van der Waals surface area (Å²) in [6, 6.07) is 8.64. The summed E-state index contributed by atoms with van der Waals surface area (Å²) in [7, 11) is 0. The van der Waals surface area contributed by atoms with Gasteiger partial charge in [-0.25, -0.2) is 4.79 Å². The van der Waals surface area contributed by atoms with Crippen LogP contribution in [0.5, 0.6) is 0 Å². The average Bonchev–Trinajstić information content (AvgIpc) is 2.58. The molecule has 6 heteroatoms. The van der Waals surface area contributed by atoms with Gasteiger partial charge in [0.1, 0.15) is 11.7 Å². The van der Waals surface area contributed by atoms with Gasteiger partial charge in [0.2, 0.25) is 0 Å². The van der Waals surface area contributed by atoms with Gasteiger partial charge in [-0.2, -0.15) is 5.26 Å². The molecular weight excluding hydrogens is 328 g/mol. The molecule has 0 aliphatic carbocycles. The van der Waals surface area contributed by atoms with Gasteiger partial charge in [-0.1, -0.05) is 6.07 Å². The van der Waals surface area contributed by atoms with E-state index in [2.05, 4.69) is 21.6 Å². The summed E-state index contributed by atoms with van der Waals surface area (Å²) in [6.45, 7) is 10.6. The standard InChI is InChI=1S/C20H30N4O2/c1-15-5-6-18(16(13-15)14-21)24(17-7-9-22-10-8-17)12-11-23-19(25)26-20(2,3)4/h5-6,13,17,22H,7-12H2,1-4H3,(H,23,25). The normalized spacial score (nSPS) is 15.2. The highest BCUT2D eigenvalue weighted by Crippen LogP contribution is 2.26. The monoisotopic (exact) mass is 358 g/mol. The van der Waals surface area contributed by atoms with E-state index in [1.165, 1.54) is 0 Å². The highest BCUT2D eigenvalue weighted by Gasteiger charge is 2.24. The highest BCUT2D eigenvalue weighted by atomic mass is 16.6. The second kappa shape index (κ2) is 8.91. The predicted molar refractivity (Wildman–Crippen MR) is 103 cm³/mol. The summed E-state index contributed by atoms with van der Waals surface area (Å²) in [6.07, 6.45) is 1.63. The lowest BCUT2D eigenvalue weighted by Crippen LogP contribution is -2.47. The number of nitrogens with zero attached hydrogens (tertiary/aromatic N) is 2. The Morgan fingerprint density at radius 3 is 2.69 bits per heavy atom. The number of ether oxygens (including phenoxy) is 1. The van der Waals surface area contributed by atoms with Gasteiger partial charge in [-0.3, -0.25) is 0 Å². The molecule has 1 aromatic rings. The Labute approximate surface area is 156 Å². The van der Waals surface area contributed by atoms with Crippen molar-refractivity contribution in [3.05, 3.63) is 29.3 Å². The minimum absolute atomic E-state index is 0.353. The Balaban J connectivity index is 2.10. The molecule has 1 saturated heterocycles. The SMILES string of the molecule is Cc1ccc(N(CCNC(=O)OC(C)(C)C)C2CCNCC2)c(C#N)c1. The van der Waals surface area contributed by atoms with Crippen molar-refractivity contribution < 1.29 is 9.53 Å². The number of hydrogen-bond donors (Lipinski definition) is 2. The van der Waals surface area contributed by atoms with Crippen molar-refractivity contribution in [3.8, 4) is 6.07 Å². The highest BCUT2D eigenvalue weighted by molar-refractivity contribution is 5.68. The third-order valence-corrected chi connectivity index (χ3v) is 4.35. The summed E-state index contributed by atoms with van der Waals surface area (Å²) >= 11 is 0. The fraction of sp³-hybridized carbons (Fsp3) is 0.600. The number of nitriles is 1. The lowest BCUT2D eigenvalue weighted by atomic mass is 10.0. The zero-order valence-electron chi connectivity index (χ0n) is 16.3. The van der Waals surface area contributed by atoms with Crippen LogP contribution in [0.4, 0.5) is 10.5 Å². The molecule has 0 unspecified atom stereocenters. The molecule has 0 saturated carbocycles. The van der Waals surface area contributed by atoms with Crippen LogP contribution in [0.25, 0.3) is 0 Å². The molecule has 1 aromatic carbocycles. The van der Waals surface area contributed by atoms with Crippen molar-refractivity contribution >= 4 is 11.8 Å². The molecule has 0 atom stereocenters. The fourth-order valence-electron chi connectivity index (χ4n) is 3.20. The zero-order valence-corrected chi connectivity index (χ0v) is 16.3. The van der Waals surface area contributed by atoms with Crippen LogP contribution in [0.3, 0.4) is 0 Å². The summed E-state index contributed by atoms with van der Waals surface area (Å²) in [5, 5.41) is 15.8. The number of piperidine rings is 1. The Hall–Kier alpha value is -2.26. The second-order valence-electron chi connectivity index (χ2n) is 7.74. The first-order chi connectivity index (χ1) is 12.3. The summed E-state index contributed by atoms with van der Waals surface area (Å²) in [4.78, 5) is 14.2. The van der Waals surface area contributed by atoms with Crippen LogP contribution in [-0.2, 0) is 4.74 Å². The van der Waals surface area contributed by atoms with Crippen LogP contribution >= 0.6 is 0 Å². The largest absolute Gasteiger partial charge is 0.444 e. The third kappa shape index (κ3) is 5.92. The number of nitrogens with one attached hydrogen (secondary N) is 2. The number of aryl methyl sites for hydroxylation is 1. The van der Waals surface area contributed by atoms with E-state index >= 15 is 0 Å². The van der Waals surface area contributed by atoms with Gasteiger partial charge in [0.25, 0.3) is 0 Å². The molecule has 1 aliphatic heterocycles. The van der Waals surface area contributed by atoms with Crippen LogP contribution < -0.4 is 15.5 Å². The molecule has 1 heterocycles. The van der Waals surface area contributed by atoms with E-state index in [-0.39, 0.29) is 0 Å². The predicted octanol–water partition coefficient (Wildman–Crippen LogP) is 2.95. The maximum Gasteiger partial charge on any atom is 0.407 e. The Bertz CT molecular complexity index is 655. The average molecular weight is 358 g/mol. The van der Waals surface area contributed by atoms with Crippen molar-refractivity contribution in [1.82, 2.24) is 10.6 Å². The van der Waals surface area contributed by atoms with Crippen molar-refractivity contribution in [3.63, 3.8) is 0 Å². The summed E-state index contributed by atoms with van der Waals surface area (Å²) < 4.78 is 5.30. The lowest BCUT2D eigenvalue weighted by molar-refractivity contribution is 0.0529. The van der Waals surface area contributed by atoms with Crippen molar-refractivity contribution in [1.29, 1.82) is 5.26 Å². The number of rotatable bonds is 5. The molecule has 0 aromatic heterocycles. The first-order valence-corrected chi connectivity index (χ1v) is 9.25. The topological polar surface area (TPSA) is 77.4 Å². The number of hydrogen-bond acceptors (Lipinski definition) is 5. The number of alkyl carbamates (subject to hydrolysis) is 1. The molecule has 6 nitrogen and oxygen atoms in total. The van der Waals surface area contributed by atoms with Gasteiger partial charge >= 0.3 is 6.09 Å². The molecule has 0 radical (unpaired) electrons. The minimum Gasteiger partial charge on any atom is -0.444 e. The smallest absolute Gasteiger partial charge is 0.407 e. The molecule has 0 bridgehead atoms. The van der Waals surface area contributed by atoms with Gasteiger partial charge in [-0.15, -0.1) is 0 Å². The van der Waals surface area contributed by atoms with E-state index in [0.717, 1.165) is 37.2 Å². The van der Waals surface area contributed by atoms with E-state index < -0.39 is 11.7 Å². The molecule has 0 spiro atoms. The molecule has 1 amide bonds. The van der Waals surface area contributed by atoms with Crippen molar-refractivity contribution in [2.75, 3.05) is 31.1 Å². The lowest BCUT2D eigenvalue weighted by Gasteiger charge is -2.37. The first kappa shape index (κ1) is 20.1. The number of amides is 1. The van der Waals surface area contributed by atoms with Gasteiger partial charge in [0.05, 0.1) is 11.3 Å². The van der Waals surface area contributed by atoms with Crippen LogP contribution in [-0.4, -0.2) is 43.9 Å². The Morgan fingerprint density at radius 1 is 1.38 bits per heavy atom. The summed E-state index contributed by atoms with van der Waals surface area (Å²) in [5.74, 6) is 0. The molecule has 1 aliphatic rings. The molecule has 2 N–H and O–H groups in total. The zero-order chi connectivity index (χ0) is 19.2. The maximum absolute atomic E-state index is 11.9. The van der Waals surface area contributed by atoms with E-state index in [9.17, 15) is 10.1 Å². The number of carbonyl (C=O) groups excluding carboxylic acids is 1. The molecule has 2 rings (SSSR count). The Kier molecular flexibility index (Phi) is 6.87. The Morgan fingerprint density at radius 2 is 2.08 bits per heavy atom. The third-order valence-electron chi connectivity index (χ3n) is 4.35. The molecule has 1 fully saturated rings. The van der Waals surface area contributed by atoms with Crippen molar-refractivity contribution in [2.45, 2.75) is 52.2 Å². The van der Waals surface area contributed by atoms with Gasteiger partial charge in [0, 0.05) is 19.1 Å². The van der Waals surface area contributed by atoms with Crippen LogP contribution in [0.2, 0.25) is 0 Å². The summed E-state index contributed by atoms with van der Waals surface area (Å²) in [5.41, 5.74) is 2.18.